The lowest BCUT2D eigenvalue weighted by molar-refractivity contribution is -0.120. The maximum Gasteiger partial charge on any atom is 0.255 e. The van der Waals surface area contributed by atoms with Crippen LogP contribution in [0.4, 0.5) is 10.2 Å². The molecule has 0 saturated heterocycles. The third-order valence-electron chi connectivity index (χ3n) is 4.84. The summed E-state index contributed by atoms with van der Waals surface area (Å²) in [6.07, 6.45) is 1.78. The molecule has 1 aliphatic heterocycles. The Balaban J connectivity index is 1.73. The number of benzene rings is 2. The topological polar surface area (TPSA) is 108 Å². The largest absolute Gasteiger partial charge is 0.493 e. The molecular formula is C21H19FN4O4. The zero-order valence-electron chi connectivity index (χ0n) is 16.1. The van der Waals surface area contributed by atoms with Crippen LogP contribution >= 0.6 is 0 Å². The number of methoxy groups -OCH3 is 1. The average molecular weight is 410 g/mol. The number of primary amides is 1. The van der Waals surface area contributed by atoms with Gasteiger partial charge < -0.3 is 20.5 Å². The van der Waals surface area contributed by atoms with E-state index in [-0.39, 0.29) is 30.7 Å². The van der Waals surface area contributed by atoms with Crippen LogP contribution in [0.5, 0.6) is 11.5 Å². The second-order valence-corrected chi connectivity index (χ2v) is 6.80. The smallest absolute Gasteiger partial charge is 0.255 e. The lowest BCUT2D eigenvalue weighted by Crippen LogP contribution is -2.25. The number of rotatable bonds is 6. The van der Waals surface area contributed by atoms with Crippen LogP contribution in [0.3, 0.4) is 0 Å². The van der Waals surface area contributed by atoms with Crippen LogP contribution < -0.4 is 20.5 Å². The summed E-state index contributed by atoms with van der Waals surface area (Å²) in [5, 5.41) is 2.85. The van der Waals surface area contributed by atoms with Gasteiger partial charge in [0.15, 0.2) is 18.1 Å². The fraction of sp³-hybridized carbons (Fsp3) is 0.190. The predicted octanol–water partition coefficient (Wildman–Crippen LogP) is 2.36. The molecule has 2 amide bonds. The van der Waals surface area contributed by atoms with E-state index in [1.54, 1.807) is 35.2 Å². The number of hydrogen-bond donors (Lipinski definition) is 2. The number of carbonyl (C=O) groups excluding carboxylic acids is 2. The predicted molar refractivity (Wildman–Crippen MR) is 106 cm³/mol. The van der Waals surface area contributed by atoms with E-state index in [1.165, 1.54) is 19.2 Å². The zero-order valence-corrected chi connectivity index (χ0v) is 16.1. The van der Waals surface area contributed by atoms with Crippen molar-refractivity contribution in [3.8, 4) is 17.2 Å². The molecule has 2 heterocycles. The molecule has 0 fully saturated rings. The van der Waals surface area contributed by atoms with E-state index in [0.29, 0.717) is 28.7 Å². The number of aromatic nitrogens is 2. The first kappa shape index (κ1) is 19.4. The number of fused-ring (bicyclic) bond motifs is 1. The number of nitrogens with one attached hydrogen (secondary N) is 1. The maximum absolute atomic E-state index is 13.3. The van der Waals surface area contributed by atoms with Gasteiger partial charge in [0, 0.05) is 18.0 Å². The molecule has 0 bridgehead atoms. The standard InChI is InChI=1S/C21H19FN4O4/c1-29-16-7-2-12(8-17(16)30-10-18(23)27)15-9-19(28)25-21-20(15)24-11-26(21)14-5-3-13(22)4-6-14/h2-8,11,15H,9-10H2,1H3,(H2,23,27)(H,25,28)/t15-/m1/s1. The van der Waals surface area contributed by atoms with E-state index in [0.717, 1.165) is 5.56 Å². The highest BCUT2D eigenvalue weighted by Crippen LogP contribution is 2.40. The summed E-state index contributed by atoms with van der Waals surface area (Å²) in [6, 6.07) is 11.1. The normalized spacial score (nSPS) is 15.3. The number of imidazole rings is 1. The highest BCUT2D eigenvalue weighted by molar-refractivity contribution is 5.94. The fourth-order valence-electron chi connectivity index (χ4n) is 3.45. The first-order chi connectivity index (χ1) is 14.5. The third kappa shape index (κ3) is 3.69. The van der Waals surface area contributed by atoms with E-state index >= 15 is 0 Å². The Morgan fingerprint density at radius 3 is 2.73 bits per heavy atom. The van der Waals surface area contributed by atoms with Crippen LogP contribution in [0.15, 0.2) is 48.8 Å². The van der Waals surface area contributed by atoms with Crippen molar-refractivity contribution in [2.75, 3.05) is 19.0 Å². The van der Waals surface area contributed by atoms with Crippen molar-refractivity contribution < 1.29 is 23.5 Å². The molecule has 0 spiro atoms. The van der Waals surface area contributed by atoms with Crippen molar-refractivity contribution >= 4 is 17.6 Å². The summed E-state index contributed by atoms with van der Waals surface area (Å²) in [5.41, 5.74) is 7.29. The Morgan fingerprint density at radius 1 is 1.27 bits per heavy atom. The maximum atomic E-state index is 13.3. The SMILES string of the molecule is COc1ccc([C@H]2CC(=O)Nc3c2ncn3-c2ccc(F)cc2)cc1OCC(N)=O. The van der Waals surface area contributed by atoms with E-state index in [2.05, 4.69) is 10.3 Å². The number of nitrogens with two attached hydrogens (primary N) is 1. The van der Waals surface area contributed by atoms with Crippen molar-refractivity contribution in [1.82, 2.24) is 9.55 Å². The molecule has 30 heavy (non-hydrogen) atoms. The second-order valence-electron chi connectivity index (χ2n) is 6.80. The Morgan fingerprint density at radius 2 is 2.03 bits per heavy atom. The summed E-state index contributed by atoms with van der Waals surface area (Å²) in [7, 11) is 1.49. The van der Waals surface area contributed by atoms with Gasteiger partial charge in [-0.25, -0.2) is 9.37 Å². The number of amides is 2. The van der Waals surface area contributed by atoms with E-state index in [4.69, 9.17) is 15.2 Å². The molecule has 1 aliphatic rings. The number of anilines is 1. The Bertz CT molecular complexity index is 1110. The molecule has 4 rings (SSSR count). The van der Waals surface area contributed by atoms with E-state index in [1.807, 2.05) is 6.07 Å². The van der Waals surface area contributed by atoms with Gasteiger partial charge in [-0.3, -0.25) is 14.2 Å². The van der Waals surface area contributed by atoms with Gasteiger partial charge in [-0.1, -0.05) is 6.07 Å². The van der Waals surface area contributed by atoms with Crippen LogP contribution in [0.1, 0.15) is 23.6 Å². The minimum atomic E-state index is -0.611. The van der Waals surface area contributed by atoms with Crippen molar-refractivity contribution in [2.45, 2.75) is 12.3 Å². The lowest BCUT2D eigenvalue weighted by atomic mass is 9.89. The highest BCUT2D eigenvalue weighted by Gasteiger charge is 2.31. The van der Waals surface area contributed by atoms with Gasteiger partial charge in [-0.05, 0) is 42.0 Å². The van der Waals surface area contributed by atoms with Gasteiger partial charge in [0.05, 0.1) is 12.8 Å². The number of hydrogen-bond acceptors (Lipinski definition) is 5. The van der Waals surface area contributed by atoms with Crippen molar-refractivity contribution in [2.24, 2.45) is 5.73 Å². The lowest BCUT2D eigenvalue weighted by Gasteiger charge is -2.24. The molecule has 0 unspecified atom stereocenters. The number of halogens is 1. The molecule has 3 N–H and O–H groups in total. The number of ether oxygens (including phenoxy) is 2. The van der Waals surface area contributed by atoms with E-state index < -0.39 is 5.91 Å². The summed E-state index contributed by atoms with van der Waals surface area (Å²) < 4.78 is 25.7. The minimum absolute atomic E-state index is 0.174. The van der Waals surface area contributed by atoms with Crippen LogP contribution in [0, 0.1) is 5.82 Å². The Hall–Kier alpha value is -3.88. The molecule has 8 nitrogen and oxygen atoms in total. The molecule has 3 aromatic rings. The van der Waals surface area contributed by atoms with Gasteiger partial charge in [-0.15, -0.1) is 0 Å². The summed E-state index contributed by atoms with van der Waals surface area (Å²) in [4.78, 5) is 28.0. The molecule has 1 aromatic heterocycles. The highest BCUT2D eigenvalue weighted by atomic mass is 19.1. The molecular weight excluding hydrogens is 391 g/mol. The quantitative estimate of drug-likeness (QED) is 0.649. The van der Waals surface area contributed by atoms with Crippen LogP contribution in [-0.4, -0.2) is 35.1 Å². The van der Waals surface area contributed by atoms with Gasteiger partial charge in [-0.2, -0.15) is 0 Å². The van der Waals surface area contributed by atoms with Crippen LogP contribution in [0.2, 0.25) is 0 Å². The molecule has 2 aromatic carbocycles. The molecule has 0 aliphatic carbocycles. The second kappa shape index (κ2) is 7.86. The van der Waals surface area contributed by atoms with Gasteiger partial charge >= 0.3 is 0 Å². The minimum Gasteiger partial charge on any atom is -0.493 e. The van der Waals surface area contributed by atoms with E-state index in [9.17, 15) is 14.0 Å². The van der Waals surface area contributed by atoms with Crippen LogP contribution in [0.25, 0.3) is 5.69 Å². The Kier molecular flexibility index (Phi) is 5.09. The summed E-state index contributed by atoms with van der Waals surface area (Å²) in [5.74, 6) is -0.157. The zero-order chi connectivity index (χ0) is 21.3. The van der Waals surface area contributed by atoms with Crippen LogP contribution in [-0.2, 0) is 9.59 Å². The van der Waals surface area contributed by atoms with Gasteiger partial charge in [0.2, 0.25) is 5.91 Å². The molecule has 9 heteroatoms. The summed E-state index contributed by atoms with van der Waals surface area (Å²) >= 11 is 0. The monoisotopic (exact) mass is 410 g/mol. The third-order valence-corrected chi connectivity index (χ3v) is 4.84. The number of nitrogens with zero attached hydrogens (tertiary/aromatic N) is 2. The molecule has 0 radical (unpaired) electrons. The first-order valence-corrected chi connectivity index (χ1v) is 9.18. The molecule has 154 valence electrons. The van der Waals surface area contributed by atoms with Crippen molar-refractivity contribution in [3.63, 3.8) is 0 Å². The Labute approximate surface area is 171 Å². The molecule has 1 atom stereocenters. The van der Waals surface area contributed by atoms with Crippen molar-refractivity contribution in [3.05, 3.63) is 65.9 Å². The first-order valence-electron chi connectivity index (χ1n) is 9.18. The summed E-state index contributed by atoms with van der Waals surface area (Å²) in [6.45, 7) is -0.296. The fourth-order valence-corrected chi connectivity index (χ4v) is 3.45. The number of carbonyl (C=O) groups is 2. The van der Waals surface area contributed by atoms with Gasteiger partial charge in [0.1, 0.15) is 18.0 Å². The van der Waals surface area contributed by atoms with Crippen molar-refractivity contribution in [1.29, 1.82) is 0 Å². The van der Waals surface area contributed by atoms with Gasteiger partial charge in [0.25, 0.3) is 5.91 Å². The molecule has 0 saturated carbocycles. The average Bonchev–Trinajstić information content (AvgIpc) is 3.15.